The van der Waals surface area contributed by atoms with Gasteiger partial charge in [-0.15, -0.1) is 5.10 Å². The molecule has 1 atom stereocenters. The fourth-order valence-corrected chi connectivity index (χ4v) is 5.64. The highest BCUT2D eigenvalue weighted by atomic mass is 19.4. The first kappa shape index (κ1) is 28.6. The summed E-state index contributed by atoms with van der Waals surface area (Å²) in [4.78, 5) is 16.1. The van der Waals surface area contributed by atoms with Gasteiger partial charge in [0.1, 0.15) is 0 Å². The van der Waals surface area contributed by atoms with Crippen molar-refractivity contribution in [2.24, 2.45) is 0 Å². The average molecular weight is 585 g/mol. The van der Waals surface area contributed by atoms with Crippen LogP contribution < -0.4 is 9.80 Å². The number of aromatic nitrogens is 4. The van der Waals surface area contributed by atoms with Crippen molar-refractivity contribution < 1.29 is 41.4 Å². The minimum Gasteiger partial charge on any atom is -0.465 e. The van der Waals surface area contributed by atoms with E-state index in [4.69, 9.17) is 0 Å². The Bertz CT molecular complexity index is 1410. The Morgan fingerprint density at radius 3 is 2.37 bits per heavy atom. The number of carboxylic acid groups (broad SMARTS) is 1. The second-order valence-electron chi connectivity index (χ2n) is 10.0. The van der Waals surface area contributed by atoms with Gasteiger partial charge in [0.15, 0.2) is 0 Å². The molecule has 9 nitrogen and oxygen atoms in total. The maximum Gasteiger partial charge on any atom is 0.416 e. The third-order valence-electron chi connectivity index (χ3n) is 7.38. The summed E-state index contributed by atoms with van der Waals surface area (Å²) in [5.74, 6) is -0.0790. The van der Waals surface area contributed by atoms with Crippen LogP contribution in [0.1, 0.15) is 58.7 Å². The van der Waals surface area contributed by atoms with Crippen LogP contribution >= 0.6 is 0 Å². The van der Waals surface area contributed by atoms with Gasteiger partial charge in [-0.2, -0.15) is 31.1 Å². The highest BCUT2D eigenvalue weighted by molar-refractivity contribution is 5.89. The van der Waals surface area contributed by atoms with Gasteiger partial charge in [0, 0.05) is 13.1 Å². The Hall–Kier alpha value is -3.88. The van der Waals surface area contributed by atoms with E-state index in [1.165, 1.54) is 9.80 Å². The van der Waals surface area contributed by atoms with Gasteiger partial charge in [0.2, 0.25) is 0 Å². The normalized spacial score (nSPS) is 17.2. The van der Waals surface area contributed by atoms with Crippen molar-refractivity contribution in [3.8, 4) is 0 Å². The van der Waals surface area contributed by atoms with Crippen LogP contribution in [0, 0.1) is 0 Å². The zero-order valence-corrected chi connectivity index (χ0v) is 21.6. The Kier molecular flexibility index (Phi) is 7.57. The molecule has 1 amide bonds. The first-order chi connectivity index (χ1) is 19.4. The standard InChI is InChI=1S/C26H26F6N6O3/c27-25(28,29)17-11-15(12-18(13-17)26(30,31)32)14-37(23-33-35-38(34-23)9-10-39)21-5-2-8-36(24(40)41)22-19-4-1-3-16(19)6-7-20(21)22/h6-7,11-13,21,39H,1-5,8-10,14H2,(H,40,41)/t21-/m0/s1. The Morgan fingerprint density at radius 1 is 1.02 bits per heavy atom. The number of rotatable bonds is 6. The molecule has 41 heavy (non-hydrogen) atoms. The van der Waals surface area contributed by atoms with Gasteiger partial charge in [-0.3, -0.25) is 4.90 Å². The Labute approximate surface area is 230 Å². The predicted octanol–water partition coefficient (Wildman–Crippen LogP) is 5.22. The smallest absolute Gasteiger partial charge is 0.416 e. The third-order valence-corrected chi connectivity index (χ3v) is 7.38. The number of benzene rings is 2. The van der Waals surface area contributed by atoms with Crippen LogP contribution in [0.15, 0.2) is 30.3 Å². The molecule has 0 bridgehead atoms. The lowest BCUT2D eigenvalue weighted by atomic mass is 9.94. The topological polar surface area (TPSA) is 108 Å². The van der Waals surface area contributed by atoms with E-state index in [2.05, 4.69) is 15.4 Å². The quantitative estimate of drug-likeness (QED) is 0.383. The lowest BCUT2D eigenvalue weighted by Gasteiger charge is -2.32. The molecule has 15 heteroatoms. The summed E-state index contributed by atoms with van der Waals surface area (Å²) in [6.45, 7) is -0.657. The summed E-state index contributed by atoms with van der Waals surface area (Å²) in [5.41, 5.74) is -0.262. The van der Waals surface area contributed by atoms with E-state index in [-0.39, 0.29) is 37.3 Å². The second-order valence-corrected chi connectivity index (χ2v) is 10.0. The number of aliphatic hydroxyl groups is 1. The van der Waals surface area contributed by atoms with E-state index >= 15 is 0 Å². The second kappa shape index (κ2) is 10.8. The molecule has 0 unspecified atom stereocenters. The molecule has 0 saturated heterocycles. The SMILES string of the molecule is O=C(O)N1CCC[C@H](N(Cc2cc(C(F)(F)F)cc(C(F)(F)F)c2)c2nnn(CCO)n2)c2ccc3c(c21)CCC3. The van der Waals surface area contributed by atoms with Gasteiger partial charge in [-0.25, -0.2) is 4.79 Å². The van der Waals surface area contributed by atoms with Gasteiger partial charge in [-0.1, -0.05) is 17.2 Å². The molecular weight excluding hydrogens is 558 g/mol. The van der Waals surface area contributed by atoms with Crippen molar-refractivity contribution in [2.75, 3.05) is 23.0 Å². The van der Waals surface area contributed by atoms with E-state index in [0.717, 1.165) is 28.8 Å². The molecule has 0 spiro atoms. The molecule has 1 aliphatic heterocycles. The number of tetrazole rings is 1. The maximum atomic E-state index is 13.6. The van der Waals surface area contributed by atoms with Gasteiger partial charge < -0.3 is 15.1 Å². The number of halogens is 6. The summed E-state index contributed by atoms with van der Waals surface area (Å²) >= 11 is 0. The third kappa shape index (κ3) is 5.80. The first-order valence-electron chi connectivity index (χ1n) is 13.0. The fourth-order valence-electron chi connectivity index (χ4n) is 5.64. The van der Waals surface area contributed by atoms with Crippen LogP contribution in [0.4, 0.5) is 42.8 Å². The van der Waals surface area contributed by atoms with Crippen molar-refractivity contribution >= 4 is 17.7 Å². The molecule has 1 aromatic heterocycles. The van der Waals surface area contributed by atoms with Crippen molar-refractivity contribution in [1.29, 1.82) is 0 Å². The number of hydrogen-bond donors (Lipinski definition) is 2. The number of anilines is 2. The summed E-state index contributed by atoms with van der Waals surface area (Å²) < 4.78 is 81.8. The molecule has 2 N–H and O–H groups in total. The molecule has 2 aliphatic rings. The van der Waals surface area contributed by atoms with Crippen molar-refractivity contribution in [3.63, 3.8) is 0 Å². The van der Waals surface area contributed by atoms with Crippen LogP contribution in [0.2, 0.25) is 0 Å². The number of alkyl halides is 6. The number of fused-ring (bicyclic) bond motifs is 3. The lowest BCUT2D eigenvalue weighted by Crippen LogP contribution is -2.32. The van der Waals surface area contributed by atoms with Crippen molar-refractivity contribution in [3.05, 3.63) is 63.7 Å². The summed E-state index contributed by atoms with van der Waals surface area (Å²) in [5, 5.41) is 31.4. The maximum absolute atomic E-state index is 13.6. The monoisotopic (exact) mass is 584 g/mol. The molecule has 3 aromatic rings. The zero-order valence-electron chi connectivity index (χ0n) is 21.6. The minimum atomic E-state index is -5.03. The number of amides is 1. The molecule has 2 aromatic carbocycles. The van der Waals surface area contributed by atoms with E-state index in [0.29, 0.717) is 42.6 Å². The van der Waals surface area contributed by atoms with E-state index in [1.807, 2.05) is 6.07 Å². The van der Waals surface area contributed by atoms with E-state index < -0.39 is 42.2 Å². The largest absolute Gasteiger partial charge is 0.465 e. The van der Waals surface area contributed by atoms with Gasteiger partial charge in [-0.05, 0) is 77.8 Å². The fraction of sp³-hybridized carbons (Fsp3) is 0.462. The summed E-state index contributed by atoms with van der Waals surface area (Å²) in [6.07, 6.45) is -8.29. The summed E-state index contributed by atoms with van der Waals surface area (Å²) in [6, 6.07) is 4.34. The highest BCUT2D eigenvalue weighted by Crippen LogP contribution is 2.44. The number of aryl methyl sites for hydroxylation is 1. The van der Waals surface area contributed by atoms with Crippen molar-refractivity contribution in [1.82, 2.24) is 20.2 Å². The number of hydrogen-bond acceptors (Lipinski definition) is 6. The zero-order chi connectivity index (χ0) is 29.5. The number of aliphatic hydroxyl groups excluding tert-OH is 1. The number of carbonyl (C=O) groups is 1. The highest BCUT2D eigenvalue weighted by Gasteiger charge is 2.39. The Morgan fingerprint density at radius 2 is 1.73 bits per heavy atom. The Balaban J connectivity index is 1.66. The van der Waals surface area contributed by atoms with Crippen LogP contribution in [-0.2, 0) is 38.3 Å². The average Bonchev–Trinajstić information content (AvgIpc) is 3.52. The van der Waals surface area contributed by atoms with Crippen LogP contribution in [0.25, 0.3) is 0 Å². The molecule has 220 valence electrons. The van der Waals surface area contributed by atoms with Gasteiger partial charge in [0.25, 0.3) is 5.95 Å². The van der Waals surface area contributed by atoms with Crippen molar-refractivity contribution in [2.45, 2.75) is 63.6 Å². The lowest BCUT2D eigenvalue weighted by molar-refractivity contribution is -0.143. The van der Waals surface area contributed by atoms with Crippen LogP contribution in [0.3, 0.4) is 0 Å². The molecule has 2 heterocycles. The van der Waals surface area contributed by atoms with Crippen LogP contribution in [-0.4, -0.2) is 49.7 Å². The van der Waals surface area contributed by atoms with E-state index in [9.17, 15) is 41.4 Å². The molecule has 1 aliphatic carbocycles. The number of nitrogens with zero attached hydrogens (tertiary/aromatic N) is 6. The predicted molar refractivity (Wildman–Crippen MR) is 133 cm³/mol. The minimum absolute atomic E-state index is 0.0375. The van der Waals surface area contributed by atoms with Gasteiger partial charge >= 0.3 is 18.4 Å². The molecular formula is C26H26F6N6O3. The molecule has 0 radical (unpaired) electrons. The molecule has 5 rings (SSSR count). The first-order valence-corrected chi connectivity index (χ1v) is 13.0. The molecule has 0 fully saturated rings. The molecule has 0 saturated carbocycles. The summed E-state index contributed by atoms with van der Waals surface area (Å²) in [7, 11) is 0. The van der Waals surface area contributed by atoms with E-state index in [1.54, 1.807) is 6.07 Å². The van der Waals surface area contributed by atoms with Crippen LogP contribution in [0.5, 0.6) is 0 Å². The van der Waals surface area contributed by atoms with Gasteiger partial charge in [0.05, 0.1) is 36.0 Å².